The quantitative estimate of drug-likeness (QED) is 0.715. The zero-order chi connectivity index (χ0) is 13.5. The minimum atomic E-state index is -0.332. The lowest BCUT2D eigenvalue weighted by Crippen LogP contribution is -2.45. The van der Waals surface area contributed by atoms with Crippen LogP contribution in [0.25, 0.3) is 0 Å². The zero-order valence-corrected chi connectivity index (χ0v) is 11.4. The van der Waals surface area contributed by atoms with E-state index in [1.165, 1.54) is 7.11 Å². The van der Waals surface area contributed by atoms with Gasteiger partial charge in [0.25, 0.3) is 5.91 Å². The van der Waals surface area contributed by atoms with Crippen LogP contribution in [-0.4, -0.2) is 29.3 Å². The number of rotatable bonds is 1. The van der Waals surface area contributed by atoms with Crippen molar-refractivity contribution in [1.29, 1.82) is 0 Å². The number of hydrogen-bond donors (Lipinski definition) is 0. The Bertz CT molecular complexity index is 527. The number of carbonyl (C=O) groups is 1. The fourth-order valence-electron chi connectivity index (χ4n) is 2.17. The molecule has 96 valence electrons. The number of nitrogens with zero attached hydrogens (tertiary/aromatic N) is 2. The molecule has 0 unspecified atom stereocenters. The minimum Gasteiger partial charge on any atom is -0.397 e. The summed E-state index contributed by atoms with van der Waals surface area (Å²) in [5, 5.41) is 4.03. The maximum absolute atomic E-state index is 12.4. The second kappa shape index (κ2) is 4.12. The molecule has 18 heavy (non-hydrogen) atoms. The highest BCUT2D eigenvalue weighted by Gasteiger charge is 2.40. The molecule has 1 aromatic carbocycles. The maximum atomic E-state index is 12.4. The molecule has 4 nitrogen and oxygen atoms in total. The number of oxime groups is 1. The summed E-state index contributed by atoms with van der Waals surface area (Å²) in [5.41, 5.74) is 2.30. The number of aryl methyl sites for hydroxylation is 1. The van der Waals surface area contributed by atoms with E-state index in [2.05, 4.69) is 5.16 Å². The number of fused-ring (bicyclic) bond motifs is 1. The van der Waals surface area contributed by atoms with Gasteiger partial charge < -0.3 is 4.84 Å². The van der Waals surface area contributed by atoms with Crippen molar-refractivity contribution in [2.45, 2.75) is 33.2 Å². The number of carbonyl (C=O) groups excluding carboxylic acids is 1. The van der Waals surface area contributed by atoms with Crippen LogP contribution in [0.1, 0.15) is 42.3 Å². The summed E-state index contributed by atoms with van der Waals surface area (Å²) in [7, 11) is 1.49. The molecule has 0 atom stereocenters. The standard InChI is InChI=1S/C14H18N2O2/c1-9-6-7-10-11(8-9)12(15-18-5)16(13(10)17)14(2,3)4/h6-8H,1-5H3/b15-12+. The lowest BCUT2D eigenvalue weighted by Gasteiger charge is -2.31. The molecule has 0 saturated carbocycles. The van der Waals surface area contributed by atoms with E-state index in [-0.39, 0.29) is 11.4 Å². The van der Waals surface area contributed by atoms with Crippen LogP contribution in [0.15, 0.2) is 23.4 Å². The van der Waals surface area contributed by atoms with Gasteiger partial charge in [-0.05, 0) is 39.8 Å². The van der Waals surface area contributed by atoms with Gasteiger partial charge in [0, 0.05) is 11.1 Å². The average molecular weight is 246 g/mol. The first-order valence-corrected chi connectivity index (χ1v) is 5.93. The Labute approximate surface area is 107 Å². The van der Waals surface area contributed by atoms with E-state index in [0.29, 0.717) is 11.4 Å². The van der Waals surface area contributed by atoms with Gasteiger partial charge in [0.2, 0.25) is 0 Å². The largest absolute Gasteiger partial charge is 0.397 e. The Morgan fingerprint density at radius 2 is 1.89 bits per heavy atom. The van der Waals surface area contributed by atoms with E-state index in [1.807, 2.05) is 45.9 Å². The van der Waals surface area contributed by atoms with Crippen LogP contribution in [0.3, 0.4) is 0 Å². The normalized spacial score (nSPS) is 17.3. The fraction of sp³-hybridized carbons (Fsp3) is 0.429. The Morgan fingerprint density at radius 1 is 1.22 bits per heavy atom. The molecule has 0 saturated heterocycles. The summed E-state index contributed by atoms with van der Waals surface area (Å²) < 4.78 is 0. The maximum Gasteiger partial charge on any atom is 0.260 e. The molecule has 1 aliphatic rings. The van der Waals surface area contributed by atoms with Crippen LogP contribution in [-0.2, 0) is 4.84 Å². The predicted octanol–water partition coefficient (Wildman–Crippen LogP) is 2.56. The molecule has 0 N–H and O–H groups in total. The van der Waals surface area contributed by atoms with Crippen molar-refractivity contribution in [2.75, 3.05) is 7.11 Å². The van der Waals surface area contributed by atoms with E-state index in [9.17, 15) is 4.79 Å². The smallest absolute Gasteiger partial charge is 0.260 e. The van der Waals surface area contributed by atoms with Crippen molar-refractivity contribution in [1.82, 2.24) is 4.90 Å². The monoisotopic (exact) mass is 246 g/mol. The molecule has 1 aromatic rings. The van der Waals surface area contributed by atoms with Gasteiger partial charge in [-0.1, -0.05) is 16.8 Å². The Kier molecular flexibility index (Phi) is 2.89. The second-order valence-corrected chi connectivity index (χ2v) is 5.46. The van der Waals surface area contributed by atoms with Gasteiger partial charge in [0.1, 0.15) is 7.11 Å². The predicted molar refractivity (Wildman–Crippen MR) is 70.6 cm³/mol. The number of amides is 1. The highest BCUT2D eigenvalue weighted by atomic mass is 16.6. The Hall–Kier alpha value is -1.84. The minimum absolute atomic E-state index is 0.0201. The molecule has 1 amide bonds. The van der Waals surface area contributed by atoms with Crippen molar-refractivity contribution in [2.24, 2.45) is 5.16 Å². The lowest BCUT2D eigenvalue weighted by molar-refractivity contribution is 0.0756. The number of benzene rings is 1. The lowest BCUT2D eigenvalue weighted by atomic mass is 10.1. The van der Waals surface area contributed by atoms with Crippen LogP contribution in [0.5, 0.6) is 0 Å². The van der Waals surface area contributed by atoms with E-state index in [0.717, 1.165) is 11.1 Å². The third-order valence-corrected chi connectivity index (χ3v) is 2.91. The fourth-order valence-corrected chi connectivity index (χ4v) is 2.17. The van der Waals surface area contributed by atoms with Crippen molar-refractivity contribution < 1.29 is 9.63 Å². The van der Waals surface area contributed by atoms with Gasteiger partial charge in [0.05, 0.1) is 5.56 Å². The van der Waals surface area contributed by atoms with Crippen LogP contribution in [0.4, 0.5) is 0 Å². The Morgan fingerprint density at radius 3 is 2.44 bits per heavy atom. The third kappa shape index (κ3) is 1.88. The molecule has 0 spiro atoms. The van der Waals surface area contributed by atoms with Gasteiger partial charge in [-0.2, -0.15) is 0 Å². The summed E-state index contributed by atoms with van der Waals surface area (Å²) >= 11 is 0. The zero-order valence-electron chi connectivity index (χ0n) is 11.4. The summed E-state index contributed by atoms with van der Waals surface area (Å²) in [6.45, 7) is 7.94. The highest BCUT2D eigenvalue weighted by molar-refractivity contribution is 6.23. The molecule has 0 radical (unpaired) electrons. The first-order valence-electron chi connectivity index (χ1n) is 5.93. The van der Waals surface area contributed by atoms with Crippen LogP contribution < -0.4 is 0 Å². The van der Waals surface area contributed by atoms with Gasteiger partial charge in [-0.25, -0.2) is 0 Å². The first-order chi connectivity index (χ1) is 8.36. The Balaban J connectivity index is 2.63. The van der Waals surface area contributed by atoms with Crippen molar-refractivity contribution in [3.05, 3.63) is 34.9 Å². The van der Waals surface area contributed by atoms with E-state index < -0.39 is 0 Å². The van der Waals surface area contributed by atoms with Crippen molar-refractivity contribution >= 4 is 11.7 Å². The van der Waals surface area contributed by atoms with Gasteiger partial charge in [0.15, 0.2) is 5.84 Å². The molecule has 0 aliphatic carbocycles. The molecule has 0 aromatic heterocycles. The molecule has 0 bridgehead atoms. The number of amidine groups is 1. The van der Waals surface area contributed by atoms with E-state index in [1.54, 1.807) is 4.90 Å². The summed E-state index contributed by atoms with van der Waals surface area (Å²) in [5.74, 6) is 0.571. The highest BCUT2D eigenvalue weighted by Crippen LogP contribution is 2.30. The molecular formula is C14H18N2O2. The number of hydrogen-bond acceptors (Lipinski definition) is 3. The molecular weight excluding hydrogens is 228 g/mol. The third-order valence-electron chi connectivity index (χ3n) is 2.91. The molecule has 1 heterocycles. The molecule has 4 heteroatoms. The summed E-state index contributed by atoms with van der Waals surface area (Å²) in [6, 6.07) is 5.76. The van der Waals surface area contributed by atoms with E-state index in [4.69, 9.17) is 4.84 Å². The second-order valence-electron chi connectivity index (χ2n) is 5.46. The SMILES string of the molecule is CO/N=C1\c2cc(C)ccc2C(=O)N1C(C)(C)C. The molecule has 1 aliphatic heterocycles. The van der Waals surface area contributed by atoms with Crippen LogP contribution in [0.2, 0.25) is 0 Å². The van der Waals surface area contributed by atoms with Gasteiger partial charge >= 0.3 is 0 Å². The first kappa shape index (κ1) is 12.6. The van der Waals surface area contributed by atoms with Crippen LogP contribution in [0, 0.1) is 6.92 Å². The van der Waals surface area contributed by atoms with Crippen molar-refractivity contribution in [3.8, 4) is 0 Å². The van der Waals surface area contributed by atoms with E-state index >= 15 is 0 Å². The topological polar surface area (TPSA) is 41.9 Å². The summed E-state index contributed by atoms with van der Waals surface area (Å²) in [4.78, 5) is 19.0. The molecule has 2 rings (SSSR count). The van der Waals surface area contributed by atoms with Crippen LogP contribution >= 0.6 is 0 Å². The van der Waals surface area contributed by atoms with Gasteiger partial charge in [-0.15, -0.1) is 0 Å². The average Bonchev–Trinajstić information content (AvgIpc) is 2.52. The van der Waals surface area contributed by atoms with Gasteiger partial charge in [-0.3, -0.25) is 9.69 Å². The van der Waals surface area contributed by atoms with Crippen molar-refractivity contribution in [3.63, 3.8) is 0 Å². The molecule has 0 fully saturated rings. The summed E-state index contributed by atoms with van der Waals surface area (Å²) in [6.07, 6.45) is 0.